The Morgan fingerprint density at radius 2 is 0.588 bits per heavy atom. The van der Waals surface area contributed by atoms with E-state index in [9.17, 15) is 38.4 Å². The number of carbonyl (C=O) groups is 8. The number of nitrogens with two attached hydrogens (primary N) is 1. The third kappa shape index (κ3) is 7.67. The fourth-order valence-electron chi connectivity index (χ4n) is 12.6. The van der Waals surface area contributed by atoms with Gasteiger partial charge in [0.05, 0.1) is 55.4 Å². The van der Waals surface area contributed by atoms with Crippen molar-refractivity contribution < 1.29 is 47.8 Å². The van der Waals surface area contributed by atoms with Gasteiger partial charge >= 0.3 is 23.9 Å². The van der Waals surface area contributed by atoms with Crippen LogP contribution >= 0.6 is 0 Å². The third-order valence-corrected chi connectivity index (χ3v) is 16.5. The Balaban J connectivity index is 0.000000134. The van der Waals surface area contributed by atoms with Crippen molar-refractivity contribution in [2.75, 3.05) is 19.6 Å². The first kappa shape index (κ1) is 50.6. The van der Waals surface area contributed by atoms with E-state index in [2.05, 4.69) is 22.1 Å². The second kappa shape index (κ2) is 19.4. The molecule has 4 amide bonds. The fourth-order valence-corrected chi connectivity index (χ4v) is 12.6. The molecule has 0 spiro atoms. The molecule has 0 bridgehead atoms. The number of amides is 4. The van der Waals surface area contributed by atoms with Crippen LogP contribution in [0.1, 0.15) is 99.6 Å². The van der Waals surface area contributed by atoms with Crippen LogP contribution in [0, 0.1) is 0 Å². The van der Waals surface area contributed by atoms with E-state index in [0.717, 1.165) is 24.1 Å². The molecule has 17 rings (SSSR count). The van der Waals surface area contributed by atoms with Crippen LogP contribution in [0.5, 0.6) is 0 Å². The largest absolute Gasteiger partial charge is 0.386 e. The van der Waals surface area contributed by atoms with Crippen LogP contribution in [0.2, 0.25) is 0 Å². The average molecular weight is 1120 g/mol. The van der Waals surface area contributed by atoms with E-state index >= 15 is 0 Å². The molecule has 4 aliphatic heterocycles. The van der Waals surface area contributed by atoms with E-state index in [4.69, 9.17) is 25.2 Å². The van der Waals surface area contributed by atoms with Gasteiger partial charge in [-0.25, -0.2) is 19.2 Å². The van der Waals surface area contributed by atoms with E-state index in [1.54, 1.807) is 48.8 Å². The second-order valence-corrected chi connectivity index (χ2v) is 21.1. The minimum absolute atomic E-state index is 0.206. The maximum atomic E-state index is 13.8. The minimum Gasteiger partial charge on any atom is -0.386 e. The van der Waals surface area contributed by atoms with Crippen LogP contribution in [0.25, 0.3) is 86.7 Å². The number of ether oxygens (including phenoxy) is 2. The maximum absolute atomic E-state index is 13.8. The van der Waals surface area contributed by atoms with Gasteiger partial charge in [0, 0.05) is 114 Å². The number of pyridine rings is 4. The van der Waals surface area contributed by atoms with Crippen molar-refractivity contribution in [2.24, 2.45) is 5.73 Å². The number of aromatic nitrogens is 4. The van der Waals surface area contributed by atoms with Crippen LogP contribution in [-0.4, -0.2) is 96.9 Å². The molecule has 0 fully saturated rings. The molecule has 85 heavy (non-hydrogen) atoms. The number of esters is 4. The molecule has 408 valence electrons. The van der Waals surface area contributed by atoms with Gasteiger partial charge in [0.1, 0.15) is 0 Å². The summed E-state index contributed by atoms with van der Waals surface area (Å²) in [6.45, 7) is 1.25. The summed E-state index contributed by atoms with van der Waals surface area (Å²) in [6.07, 6.45) is 7.94. The average Bonchev–Trinajstić information content (AvgIpc) is 0.863. The Labute approximate surface area is 479 Å². The van der Waals surface area contributed by atoms with Crippen molar-refractivity contribution in [1.29, 1.82) is 0 Å². The molecule has 4 aliphatic rings. The lowest BCUT2D eigenvalue weighted by Crippen LogP contribution is -2.41. The lowest BCUT2D eigenvalue weighted by atomic mass is 9.86. The predicted octanol–water partition coefficient (Wildman–Crippen LogP) is 10.5. The van der Waals surface area contributed by atoms with Crippen LogP contribution in [0.15, 0.2) is 164 Å². The summed E-state index contributed by atoms with van der Waals surface area (Å²) in [4.78, 5) is 125. The van der Waals surface area contributed by atoms with E-state index in [1.807, 2.05) is 91.0 Å². The third-order valence-electron chi connectivity index (χ3n) is 16.5. The van der Waals surface area contributed by atoms with Crippen LogP contribution in [0.3, 0.4) is 0 Å². The zero-order valence-corrected chi connectivity index (χ0v) is 44.7. The minimum atomic E-state index is -0.749. The highest BCUT2D eigenvalue weighted by Crippen LogP contribution is 2.47. The van der Waals surface area contributed by atoms with E-state index in [0.29, 0.717) is 122 Å². The molecule has 2 N–H and O–H groups in total. The molecule has 17 nitrogen and oxygen atoms in total. The number of cyclic esters (lactones) is 4. The van der Waals surface area contributed by atoms with Crippen molar-refractivity contribution in [3.05, 3.63) is 226 Å². The molecule has 0 saturated heterocycles. The van der Waals surface area contributed by atoms with E-state index < -0.39 is 23.9 Å². The number of nitrogens with zero attached hydrogens (tertiary/aromatic N) is 6. The SMILES string of the molecule is NCCc1ccccc1.O=C1OC(=O)c2cnc3c4ccc5c6c(cnc(c7ccc1c2c73)c64)C(=O)OC5=O.O=C1c2ccc3c4ncc5c6c(ccc(c7ncc(c2c37)C(=O)N1CCc1ccccc1)c64)C(=O)N(CCc1ccccc1)C5=O. The molecule has 17 heteroatoms. The molecule has 8 heterocycles. The highest BCUT2D eigenvalue weighted by Gasteiger charge is 2.39. The lowest BCUT2D eigenvalue weighted by molar-refractivity contribution is 0.0373. The Bertz CT molecular complexity index is 4620. The molecule has 0 atom stereocenters. The summed E-state index contributed by atoms with van der Waals surface area (Å²) < 4.78 is 9.63. The number of fused-ring (bicyclic) bond motifs is 4. The molecule has 0 saturated carbocycles. The van der Waals surface area contributed by atoms with Crippen molar-refractivity contribution in [3.63, 3.8) is 0 Å². The van der Waals surface area contributed by atoms with Gasteiger partial charge in [-0.2, -0.15) is 0 Å². The summed E-state index contributed by atoms with van der Waals surface area (Å²) >= 11 is 0. The quantitative estimate of drug-likeness (QED) is 0.0489. The van der Waals surface area contributed by atoms with Crippen LogP contribution in [-0.2, 0) is 28.7 Å². The summed E-state index contributed by atoms with van der Waals surface area (Å²) in [5.41, 5.74) is 13.6. The lowest BCUT2D eigenvalue weighted by Gasteiger charge is -2.29. The van der Waals surface area contributed by atoms with Gasteiger partial charge in [-0.05, 0) is 66.8 Å². The van der Waals surface area contributed by atoms with Gasteiger partial charge in [0.25, 0.3) is 23.6 Å². The van der Waals surface area contributed by atoms with Crippen molar-refractivity contribution >= 4 is 134 Å². The predicted molar refractivity (Wildman–Crippen MR) is 316 cm³/mol. The van der Waals surface area contributed by atoms with Gasteiger partial charge in [-0.15, -0.1) is 0 Å². The molecular weight excluding hydrogens is 1070 g/mol. The zero-order valence-electron chi connectivity index (χ0n) is 44.7. The summed E-state index contributed by atoms with van der Waals surface area (Å²) in [6, 6.07) is 43.6. The Morgan fingerprint density at radius 1 is 0.306 bits per heavy atom. The van der Waals surface area contributed by atoms with Crippen LogP contribution < -0.4 is 5.73 Å². The fraction of sp³-hybridized carbons (Fsp3) is 0.0882. The van der Waals surface area contributed by atoms with Crippen molar-refractivity contribution in [2.45, 2.75) is 19.3 Å². The monoisotopic (exact) mass is 1120 g/mol. The number of benzene rings is 9. The number of imide groups is 2. The van der Waals surface area contributed by atoms with Gasteiger partial charge in [-0.3, -0.25) is 48.9 Å². The van der Waals surface area contributed by atoms with Crippen molar-refractivity contribution in [3.8, 4) is 0 Å². The Hall–Kier alpha value is -11.3. The van der Waals surface area contributed by atoms with E-state index in [-0.39, 0.29) is 59.0 Å². The number of carbonyl (C=O) groups excluding carboxylic acids is 8. The first-order valence-electron chi connectivity index (χ1n) is 27.4. The summed E-state index contributed by atoms with van der Waals surface area (Å²) in [5.74, 6) is -4.36. The molecular formula is C68H41N7O10. The number of hydrogen-bond donors (Lipinski definition) is 1. The normalized spacial score (nSPS) is 14.3. The first-order chi connectivity index (χ1) is 41.5. The molecule has 0 radical (unpaired) electrons. The van der Waals surface area contributed by atoms with Crippen LogP contribution in [0.4, 0.5) is 0 Å². The summed E-state index contributed by atoms with van der Waals surface area (Å²) in [7, 11) is 0. The van der Waals surface area contributed by atoms with E-state index in [1.165, 1.54) is 27.8 Å². The zero-order chi connectivity index (χ0) is 57.9. The van der Waals surface area contributed by atoms with Gasteiger partial charge in [0.2, 0.25) is 0 Å². The molecule has 4 aromatic heterocycles. The Kier molecular flexibility index (Phi) is 11.6. The highest BCUT2D eigenvalue weighted by atomic mass is 16.6. The number of hydrogen-bond acceptors (Lipinski definition) is 15. The smallest absolute Gasteiger partial charge is 0.348 e. The van der Waals surface area contributed by atoms with Gasteiger partial charge < -0.3 is 15.2 Å². The topological polar surface area (TPSA) is 239 Å². The molecule has 9 aromatic carbocycles. The molecule has 13 aromatic rings. The Morgan fingerprint density at radius 3 is 0.929 bits per heavy atom. The highest BCUT2D eigenvalue weighted by molar-refractivity contribution is 6.41. The summed E-state index contributed by atoms with van der Waals surface area (Å²) in [5, 5.41) is 7.39. The van der Waals surface area contributed by atoms with Gasteiger partial charge in [-0.1, -0.05) is 115 Å². The first-order valence-corrected chi connectivity index (χ1v) is 27.4. The standard InChI is InChI=1S/C38H24N4O4.C22H6N2O6.C8H11N/c43-35-25-13-11-23-31-29(25)27(37(45)41(35)17-15-21-7-3-1-4-8-21)19-39-33(31)24-12-14-26-30-28(20-40-34(23)32(24)30)38(46)42(36(26)44)18-16-22-9-5-2-6-10-22;25-19-9-3-1-7-15-13(9)11(21(27)29-19)6-24-18(15)8-2-4-10-14-12(22(28)30-20(10)26)5-23-17(7)16(8)14;9-7-6-8-4-2-1-3-5-8/h1-14,19-20H,15-18H2;1-6H;1-5H,6-7,9H2. The number of rotatable bonds is 8. The maximum Gasteiger partial charge on any atom is 0.348 e. The second-order valence-electron chi connectivity index (χ2n) is 21.1. The van der Waals surface area contributed by atoms with Gasteiger partial charge in [0.15, 0.2) is 0 Å². The van der Waals surface area contributed by atoms with Crippen molar-refractivity contribution in [1.82, 2.24) is 29.7 Å². The molecule has 0 unspecified atom stereocenters. The molecule has 0 aliphatic carbocycles.